The first-order valence-corrected chi connectivity index (χ1v) is 8.64. The highest BCUT2D eigenvalue weighted by Gasteiger charge is 2.06. The van der Waals surface area contributed by atoms with Crippen LogP contribution in [0.4, 0.5) is 0 Å². The summed E-state index contributed by atoms with van der Waals surface area (Å²) >= 11 is 6.27. The molecule has 0 amide bonds. The van der Waals surface area contributed by atoms with Crippen molar-refractivity contribution in [1.29, 1.82) is 0 Å². The lowest BCUT2D eigenvalue weighted by molar-refractivity contribution is 0.414. The summed E-state index contributed by atoms with van der Waals surface area (Å²) in [6.07, 6.45) is 2.71. The molecule has 0 unspecified atom stereocenters. The Kier molecular flexibility index (Phi) is 8.11. The average molecular weight is 501 g/mol. The van der Waals surface area contributed by atoms with Crippen LogP contribution in [0.25, 0.3) is 5.65 Å². The van der Waals surface area contributed by atoms with Gasteiger partial charge in [0.1, 0.15) is 5.75 Å². The van der Waals surface area contributed by atoms with Crippen molar-refractivity contribution >= 4 is 47.2 Å². The van der Waals surface area contributed by atoms with Gasteiger partial charge in [-0.2, -0.15) is 0 Å². The molecule has 3 aromatic rings. The molecule has 9 heteroatoms. The van der Waals surface area contributed by atoms with E-state index in [0.29, 0.717) is 24.1 Å². The van der Waals surface area contributed by atoms with Crippen LogP contribution in [0.1, 0.15) is 11.4 Å². The molecule has 0 radical (unpaired) electrons. The van der Waals surface area contributed by atoms with Gasteiger partial charge in [0, 0.05) is 24.8 Å². The van der Waals surface area contributed by atoms with Gasteiger partial charge in [-0.15, -0.1) is 34.2 Å². The van der Waals surface area contributed by atoms with Crippen LogP contribution < -0.4 is 15.4 Å². The second kappa shape index (κ2) is 10.3. The maximum absolute atomic E-state index is 6.27. The van der Waals surface area contributed by atoms with E-state index in [0.717, 1.165) is 29.2 Å². The minimum atomic E-state index is 0. The lowest BCUT2D eigenvalue weighted by Gasteiger charge is -2.12. The summed E-state index contributed by atoms with van der Waals surface area (Å²) in [5.74, 6) is 2.27. The van der Waals surface area contributed by atoms with E-state index < -0.39 is 0 Å². The summed E-state index contributed by atoms with van der Waals surface area (Å²) in [5, 5.41) is 15.6. The number of hydrogen-bond donors (Lipinski definition) is 2. The second-order valence-corrected chi connectivity index (χ2v) is 6.01. The zero-order chi connectivity index (χ0) is 18.4. The fraction of sp³-hybridized carbons (Fsp3) is 0.278. The predicted molar refractivity (Wildman–Crippen MR) is 118 cm³/mol. The fourth-order valence-corrected chi connectivity index (χ4v) is 2.83. The molecule has 2 aromatic heterocycles. The van der Waals surface area contributed by atoms with Crippen molar-refractivity contribution in [3.05, 3.63) is 59.0 Å². The number of nitrogens with one attached hydrogen (secondary N) is 2. The van der Waals surface area contributed by atoms with E-state index in [-0.39, 0.29) is 24.0 Å². The second-order valence-electron chi connectivity index (χ2n) is 5.60. The highest BCUT2D eigenvalue weighted by molar-refractivity contribution is 14.0. The van der Waals surface area contributed by atoms with Gasteiger partial charge in [-0.05, 0) is 36.2 Å². The van der Waals surface area contributed by atoms with E-state index in [4.69, 9.17) is 16.3 Å². The van der Waals surface area contributed by atoms with Gasteiger partial charge in [-0.3, -0.25) is 9.39 Å². The van der Waals surface area contributed by atoms with Crippen LogP contribution in [0.15, 0.2) is 47.6 Å². The molecule has 0 bridgehead atoms. The number of benzene rings is 1. The maximum Gasteiger partial charge on any atom is 0.191 e. The van der Waals surface area contributed by atoms with Crippen LogP contribution in [0.3, 0.4) is 0 Å². The molecule has 0 aliphatic heterocycles. The van der Waals surface area contributed by atoms with Crippen molar-refractivity contribution in [2.45, 2.75) is 13.0 Å². The monoisotopic (exact) mass is 500 g/mol. The standard InChI is InChI=1S/C18H21ClN6O.HI/c1-20-18(21-9-8-13-6-7-14(26-2)11-15(13)19)22-12-17-24-23-16-5-3-4-10-25(16)17;/h3-7,10-11H,8-9,12H2,1-2H3,(H2,20,21,22);1H. The Morgan fingerprint density at radius 3 is 2.81 bits per heavy atom. The third kappa shape index (κ3) is 5.46. The number of pyridine rings is 1. The summed E-state index contributed by atoms with van der Waals surface area (Å²) in [5.41, 5.74) is 1.88. The maximum atomic E-state index is 6.27. The number of nitrogens with zero attached hydrogens (tertiary/aromatic N) is 4. The lowest BCUT2D eigenvalue weighted by atomic mass is 10.1. The van der Waals surface area contributed by atoms with Crippen molar-refractivity contribution in [3.63, 3.8) is 0 Å². The number of aromatic nitrogens is 3. The van der Waals surface area contributed by atoms with Crippen LogP contribution in [0, 0.1) is 0 Å². The summed E-state index contributed by atoms with van der Waals surface area (Å²) in [7, 11) is 3.36. The molecule has 27 heavy (non-hydrogen) atoms. The lowest BCUT2D eigenvalue weighted by Crippen LogP contribution is -2.38. The molecular formula is C18H22ClIN6O. The van der Waals surface area contributed by atoms with Crippen LogP contribution in [-0.4, -0.2) is 41.3 Å². The molecule has 7 nitrogen and oxygen atoms in total. The van der Waals surface area contributed by atoms with Crippen LogP contribution in [0.2, 0.25) is 5.02 Å². The van der Waals surface area contributed by atoms with Gasteiger partial charge in [0.25, 0.3) is 0 Å². The quantitative estimate of drug-likeness (QED) is 0.309. The smallest absolute Gasteiger partial charge is 0.191 e. The van der Waals surface area contributed by atoms with E-state index in [1.165, 1.54) is 0 Å². The number of ether oxygens (including phenoxy) is 1. The van der Waals surface area contributed by atoms with E-state index in [9.17, 15) is 0 Å². The van der Waals surface area contributed by atoms with Crippen molar-refractivity contribution in [2.24, 2.45) is 4.99 Å². The molecule has 2 N–H and O–H groups in total. The highest BCUT2D eigenvalue weighted by Crippen LogP contribution is 2.22. The fourth-order valence-electron chi connectivity index (χ4n) is 2.57. The molecule has 1 aromatic carbocycles. The number of guanidine groups is 1. The molecule has 0 saturated heterocycles. The molecule has 2 heterocycles. The Labute approximate surface area is 180 Å². The molecule has 0 atom stereocenters. The normalized spacial score (nSPS) is 11.1. The Balaban J connectivity index is 0.00000261. The van der Waals surface area contributed by atoms with Gasteiger partial charge in [-0.1, -0.05) is 23.7 Å². The summed E-state index contributed by atoms with van der Waals surface area (Å²) in [4.78, 5) is 4.23. The van der Waals surface area contributed by atoms with E-state index >= 15 is 0 Å². The Morgan fingerprint density at radius 1 is 1.22 bits per heavy atom. The van der Waals surface area contributed by atoms with Gasteiger partial charge >= 0.3 is 0 Å². The topological polar surface area (TPSA) is 75.8 Å². The van der Waals surface area contributed by atoms with Gasteiger partial charge in [0.15, 0.2) is 17.4 Å². The van der Waals surface area contributed by atoms with Crippen molar-refractivity contribution < 1.29 is 4.74 Å². The number of fused-ring (bicyclic) bond motifs is 1. The van der Waals surface area contributed by atoms with Gasteiger partial charge in [0.05, 0.1) is 13.7 Å². The number of halogens is 2. The molecule has 0 aliphatic rings. The Bertz CT molecular complexity index is 914. The third-order valence-corrected chi connectivity index (χ3v) is 4.32. The molecule has 144 valence electrons. The molecular weight excluding hydrogens is 479 g/mol. The summed E-state index contributed by atoms with van der Waals surface area (Å²) in [6.45, 7) is 1.22. The zero-order valence-corrected chi connectivity index (χ0v) is 18.2. The van der Waals surface area contributed by atoms with E-state index in [2.05, 4.69) is 25.8 Å². The molecule has 0 spiro atoms. The summed E-state index contributed by atoms with van der Waals surface area (Å²) in [6, 6.07) is 11.5. The minimum absolute atomic E-state index is 0. The minimum Gasteiger partial charge on any atom is -0.497 e. The zero-order valence-electron chi connectivity index (χ0n) is 15.1. The van der Waals surface area contributed by atoms with Gasteiger partial charge < -0.3 is 15.4 Å². The molecule has 3 rings (SSSR count). The number of methoxy groups -OCH3 is 1. The largest absolute Gasteiger partial charge is 0.497 e. The first kappa shape index (κ1) is 21.2. The SMILES string of the molecule is CN=C(NCCc1ccc(OC)cc1Cl)NCc1nnc2ccccn12.I. The van der Waals surface area contributed by atoms with Crippen molar-refractivity contribution in [1.82, 2.24) is 25.2 Å². The van der Waals surface area contributed by atoms with E-state index in [1.807, 2.05) is 47.0 Å². The van der Waals surface area contributed by atoms with Crippen LogP contribution in [-0.2, 0) is 13.0 Å². The number of hydrogen-bond acceptors (Lipinski definition) is 4. The van der Waals surface area contributed by atoms with Gasteiger partial charge in [0.2, 0.25) is 0 Å². The molecule has 0 saturated carbocycles. The van der Waals surface area contributed by atoms with E-state index in [1.54, 1.807) is 14.2 Å². The van der Waals surface area contributed by atoms with Crippen molar-refractivity contribution in [2.75, 3.05) is 20.7 Å². The number of rotatable bonds is 6. The molecule has 0 aliphatic carbocycles. The van der Waals surface area contributed by atoms with Gasteiger partial charge in [-0.25, -0.2) is 0 Å². The third-order valence-electron chi connectivity index (χ3n) is 3.97. The Hall–Kier alpha value is -2.07. The first-order valence-electron chi connectivity index (χ1n) is 8.27. The van der Waals surface area contributed by atoms with Crippen LogP contribution in [0.5, 0.6) is 5.75 Å². The molecule has 0 fully saturated rings. The van der Waals surface area contributed by atoms with Crippen LogP contribution >= 0.6 is 35.6 Å². The number of aliphatic imine (C=N–C) groups is 1. The average Bonchev–Trinajstić information content (AvgIpc) is 3.08. The predicted octanol–water partition coefficient (Wildman–Crippen LogP) is 2.92. The van der Waals surface area contributed by atoms with Crippen molar-refractivity contribution in [3.8, 4) is 5.75 Å². The highest BCUT2D eigenvalue weighted by atomic mass is 127. The first-order chi connectivity index (χ1) is 12.7. The summed E-state index contributed by atoms with van der Waals surface area (Å²) < 4.78 is 7.11. The Morgan fingerprint density at radius 2 is 2.07 bits per heavy atom.